The Hall–Kier alpha value is -1.23. The van der Waals surface area contributed by atoms with Crippen LogP contribution in [0.4, 0.5) is 0 Å². The second-order valence-electron chi connectivity index (χ2n) is 13.6. The topological polar surface area (TPSA) is 169 Å². The molecule has 0 saturated heterocycles. The number of ether oxygens (including phenoxy) is 7. The Morgan fingerprint density at radius 2 is 1.41 bits per heavy atom. The molecule has 272 valence electrons. The van der Waals surface area contributed by atoms with Crippen LogP contribution >= 0.6 is 0 Å². The minimum Gasteiger partial charge on any atom is -0.394 e. The maximum Gasteiger partial charge on any atom is 0.101 e. The van der Waals surface area contributed by atoms with Crippen LogP contribution < -0.4 is 5.73 Å². The average Bonchev–Trinajstić information content (AvgIpc) is 3.42. The van der Waals surface area contributed by atoms with E-state index in [9.17, 15) is 10.2 Å². The Labute approximate surface area is 277 Å². The fourth-order valence-electron chi connectivity index (χ4n) is 4.30. The van der Waals surface area contributed by atoms with Crippen molar-refractivity contribution in [3.63, 3.8) is 0 Å². The predicted octanol–water partition coefficient (Wildman–Crippen LogP) is 2.22. The molecule has 0 aliphatic rings. The van der Waals surface area contributed by atoms with Gasteiger partial charge in [-0.15, -0.1) is 0 Å². The number of nitrogens with two attached hydrogens (primary N) is 1. The van der Waals surface area contributed by atoms with Gasteiger partial charge in [0.05, 0.1) is 95.2 Å². The average molecular weight is 664 g/mol. The van der Waals surface area contributed by atoms with Gasteiger partial charge in [-0.05, 0) is 53.0 Å². The molecule has 1 rings (SSSR count). The minimum atomic E-state index is -0.737. The first-order valence-electron chi connectivity index (χ1n) is 16.5. The van der Waals surface area contributed by atoms with Gasteiger partial charge in [-0.1, -0.05) is 20.8 Å². The lowest BCUT2D eigenvalue weighted by molar-refractivity contribution is -0.165. The number of aryl methyl sites for hydroxylation is 1. The summed E-state index contributed by atoms with van der Waals surface area (Å²) in [5.41, 5.74) is 5.32. The summed E-state index contributed by atoms with van der Waals surface area (Å²) >= 11 is 0. The van der Waals surface area contributed by atoms with E-state index in [0.717, 1.165) is 12.1 Å². The van der Waals surface area contributed by atoms with Crippen molar-refractivity contribution in [3.05, 3.63) is 18.0 Å². The maximum absolute atomic E-state index is 10.1. The SMILES string of the molecule is CCC(C)(CCOC(C)(CN)C(C)(C)COC(C)(C)CCOCC(O)COCCO)OCCOCC(O)COCc1ccnn1C. The van der Waals surface area contributed by atoms with Crippen molar-refractivity contribution in [1.29, 1.82) is 0 Å². The molecule has 1 aromatic rings. The fraction of sp³-hybridized carbons (Fsp3) is 0.909. The number of aromatic nitrogens is 2. The molecule has 0 amide bonds. The van der Waals surface area contributed by atoms with Crippen LogP contribution in [0.25, 0.3) is 0 Å². The highest BCUT2D eigenvalue weighted by Gasteiger charge is 2.43. The van der Waals surface area contributed by atoms with Crippen molar-refractivity contribution in [2.24, 2.45) is 18.2 Å². The lowest BCUT2D eigenvalue weighted by Crippen LogP contribution is -2.54. The molecule has 5 N–H and O–H groups in total. The molecule has 0 radical (unpaired) electrons. The van der Waals surface area contributed by atoms with Crippen LogP contribution in [0.3, 0.4) is 0 Å². The molecule has 0 aromatic carbocycles. The Morgan fingerprint density at radius 3 is 1.98 bits per heavy atom. The number of hydrogen-bond acceptors (Lipinski definition) is 12. The van der Waals surface area contributed by atoms with Gasteiger partial charge in [0.2, 0.25) is 0 Å². The summed E-state index contributed by atoms with van der Waals surface area (Å²) < 4.78 is 42.6. The smallest absolute Gasteiger partial charge is 0.101 e. The predicted molar refractivity (Wildman–Crippen MR) is 176 cm³/mol. The molecule has 0 spiro atoms. The first-order chi connectivity index (χ1) is 21.6. The van der Waals surface area contributed by atoms with Gasteiger partial charge in [0.15, 0.2) is 0 Å². The number of rotatable bonds is 29. The summed E-state index contributed by atoms with van der Waals surface area (Å²) in [5.74, 6) is 0. The zero-order valence-electron chi connectivity index (χ0n) is 29.8. The molecule has 0 fully saturated rings. The minimum absolute atomic E-state index is 0.0775. The number of hydrogen-bond donors (Lipinski definition) is 4. The van der Waals surface area contributed by atoms with Crippen molar-refractivity contribution in [1.82, 2.24) is 9.78 Å². The molecule has 4 unspecified atom stereocenters. The van der Waals surface area contributed by atoms with Crippen LogP contribution in [0.2, 0.25) is 0 Å². The molecule has 13 heteroatoms. The van der Waals surface area contributed by atoms with E-state index < -0.39 is 29.0 Å². The monoisotopic (exact) mass is 663 g/mol. The lowest BCUT2D eigenvalue weighted by Gasteiger charge is -2.45. The van der Waals surface area contributed by atoms with E-state index >= 15 is 0 Å². The van der Waals surface area contributed by atoms with Gasteiger partial charge >= 0.3 is 0 Å². The Bertz CT molecular complexity index is 918. The number of aliphatic hydroxyl groups is 3. The van der Waals surface area contributed by atoms with Crippen LogP contribution in [0.1, 0.15) is 73.4 Å². The molecule has 46 heavy (non-hydrogen) atoms. The zero-order chi connectivity index (χ0) is 34.7. The summed E-state index contributed by atoms with van der Waals surface area (Å²) in [6.07, 6.45) is 2.37. The van der Waals surface area contributed by atoms with Gasteiger partial charge < -0.3 is 54.2 Å². The van der Waals surface area contributed by atoms with Gasteiger partial charge in [0.25, 0.3) is 0 Å². The Balaban J connectivity index is 2.38. The van der Waals surface area contributed by atoms with Crippen LogP contribution in [0.15, 0.2) is 12.3 Å². The first kappa shape index (κ1) is 42.8. The molecule has 0 aliphatic heterocycles. The molecular formula is C33H65N3O10. The van der Waals surface area contributed by atoms with Gasteiger partial charge in [0.1, 0.15) is 12.2 Å². The maximum atomic E-state index is 10.1. The van der Waals surface area contributed by atoms with Crippen LogP contribution in [0.5, 0.6) is 0 Å². The van der Waals surface area contributed by atoms with Crippen molar-refractivity contribution >= 4 is 0 Å². The molecule has 4 atom stereocenters. The normalized spacial score (nSPS) is 16.7. The molecule has 0 aliphatic carbocycles. The quantitative estimate of drug-likeness (QED) is 0.0924. The van der Waals surface area contributed by atoms with E-state index in [1.165, 1.54) is 0 Å². The molecular weight excluding hydrogens is 598 g/mol. The second kappa shape index (κ2) is 21.7. The van der Waals surface area contributed by atoms with Gasteiger partial charge in [-0.2, -0.15) is 5.10 Å². The van der Waals surface area contributed by atoms with Crippen LogP contribution in [0, 0.1) is 5.41 Å². The summed E-state index contributed by atoms with van der Waals surface area (Å²) in [6.45, 7) is 17.9. The lowest BCUT2D eigenvalue weighted by atomic mass is 9.76. The summed E-state index contributed by atoms with van der Waals surface area (Å²) in [4.78, 5) is 0. The van der Waals surface area contributed by atoms with Gasteiger partial charge in [-0.25, -0.2) is 0 Å². The Morgan fingerprint density at radius 1 is 0.804 bits per heavy atom. The molecule has 0 saturated carbocycles. The highest BCUT2D eigenvalue weighted by atomic mass is 16.6. The molecule has 1 aromatic heterocycles. The standard InChI is InChI=1S/C33H65N3O10/c1-9-32(6,44-19-18-42-23-29(39)24-43-20-27-10-13-35-36(27)8)12-16-45-33(7,25-34)30(2,3)26-46-31(4,5)11-15-40-21-28(38)22-41-17-14-37/h10,13,28-29,37-39H,9,11-12,14-26,34H2,1-8H3. The highest BCUT2D eigenvalue weighted by molar-refractivity contribution is 4.97. The van der Waals surface area contributed by atoms with Crippen molar-refractivity contribution in [3.8, 4) is 0 Å². The van der Waals surface area contributed by atoms with E-state index in [0.29, 0.717) is 59.0 Å². The summed E-state index contributed by atoms with van der Waals surface area (Å²) in [6, 6.07) is 1.87. The van der Waals surface area contributed by atoms with E-state index in [4.69, 9.17) is 44.0 Å². The Kier molecular flexibility index (Phi) is 20.2. The largest absolute Gasteiger partial charge is 0.394 e. The highest BCUT2D eigenvalue weighted by Crippen LogP contribution is 2.36. The van der Waals surface area contributed by atoms with Crippen molar-refractivity contribution in [2.45, 2.75) is 103 Å². The molecule has 0 bridgehead atoms. The summed E-state index contributed by atoms with van der Waals surface area (Å²) in [7, 11) is 1.85. The van der Waals surface area contributed by atoms with E-state index in [2.05, 4.69) is 32.8 Å². The summed E-state index contributed by atoms with van der Waals surface area (Å²) in [5, 5.41) is 32.9. The van der Waals surface area contributed by atoms with Crippen LogP contribution in [-0.4, -0.2) is 133 Å². The third kappa shape index (κ3) is 16.7. The van der Waals surface area contributed by atoms with Gasteiger partial charge in [0, 0.05) is 31.8 Å². The first-order valence-corrected chi connectivity index (χ1v) is 16.5. The van der Waals surface area contributed by atoms with Gasteiger partial charge in [-0.3, -0.25) is 4.68 Å². The zero-order valence-corrected chi connectivity index (χ0v) is 29.8. The van der Waals surface area contributed by atoms with Crippen molar-refractivity contribution < 1.29 is 48.5 Å². The number of aliphatic hydroxyl groups excluding tert-OH is 3. The third-order valence-corrected chi connectivity index (χ3v) is 8.62. The van der Waals surface area contributed by atoms with E-state index in [-0.39, 0.29) is 45.1 Å². The van der Waals surface area contributed by atoms with E-state index in [1.54, 1.807) is 10.9 Å². The van der Waals surface area contributed by atoms with Crippen molar-refractivity contribution in [2.75, 3.05) is 79.2 Å². The molecule has 1 heterocycles. The fourth-order valence-corrected chi connectivity index (χ4v) is 4.30. The second-order valence-corrected chi connectivity index (χ2v) is 13.6. The third-order valence-electron chi connectivity index (χ3n) is 8.62. The number of nitrogens with zero attached hydrogens (tertiary/aromatic N) is 2. The van der Waals surface area contributed by atoms with E-state index in [1.807, 2.05) is 33.9 Å². The molecule has 13 nitrogen and oxygen atoms in total. The van der Waals surface area contributed by atoms with Crippen LogP contribution in [-0.2, 0) is 46.8 Å².